The predicted molar refractivity (Wildman–Crippen MR) is 126 cm³/mol. The van der Waals surface area contributed by atoms with Crippen molar-refractivity contribution in [2.75, 3.05) is 61.5 Å². The number of carbonyl (C=O) groups is 1. The van der Waals surface area contributed by atoms with Crippen molar-refractivity contribution in [3.05, 3.63) is 18.0 Å². The largest absolute Gasteiger partial charge is 0.378 e. The molecule has 0 aliphatic carbocycles. The summed E-state index contributed by atoms with van der Waals surface area (Å²) in [7, 11) is 0. The summed E-state index contributed by atoms with van der Waals surface area (Å²) >= 11 is 0. The Bertz CT molecular complexity index is 1040. The second kappa shape index (κ2) is 8.40. The molecule has 10 heteroatoms. The molecule has 33 heavy (non-hydrogen) atoms. The molecule has 0 spiro atoms. The maximum absolute atomic E-state index is 12.7. The van der Waals surface area contributed by atoms with Crippen LogP contribution in [0.25, 0.3) is 11.3 Å². The molecule has 1 atom stereocenters. The third-order valence-electron chi connectivity index (χ3n) is 6.96. The minimum atomic E-state index is -0.165. The fourth-order valence-corrected chi connectivity index (χ4v) is 5.09. The average Bonchev–Trinajstić information content (AvgIpc) is 3.44. The third-order valence-corrected chi connectivity index (χ3v) is 6.96. The van der Waals surface area contributed by atoms with E-state index in [0.717, 1.165) is 61.7 Å². The van der Waals surface area contributed by atoms with Gasteiger partial charge in [-0.15, -0.1) is 0 Å². The number of ether oxygens (including phenoxy) is 1. The Morgan fingerprint density at radius 1 is 1.12 bits per heavy atom. The summed E-state index contributed by atoms with van der Waals surface area (Å²) in [5.74, 6) is 2.13. The fourth-order valence-electron chi connectivity index (χ4n) is 5.09. The second-order valence-corrected chi connectivity index (χ2v) is 9.67. The minimum absolute atomic E-state index is 0.00517. The number of nitrogens with two attached hydrogens (primary N) is 1. The molecule has 2 aromatic rings. The van der Waals surface area contributed by atoms with Crippen molar-refractivity contribution in [2.24, 2.45) is 5.92 Å². The van der Waals surface area contributed by atoms with Crippen molar-refractivity contribution in [1.29, 1.82) is 0 Å². The molecule has 0 radical (unpaired) electrons. The van der Waals surface area contributed by atoms with Gasteiger partial charge in [-0.2, -0.15) is 4.98 Å². The fraction of sp³-hybridized carbons (Fsp3) is 0.609. The molecule has 0 bridgehead atoms. The lowest BCUT2D eigenvalue weighted by Gasteiger charge is -2.37. The molecule has 0 unspecified atom stereocenters. The number of fused-ring (bicyclic) bond motifs is 1. The minimum Gasteiger partial charge on any atom is -0.378 e. The van der Waals surface area contributed by atoms with Gasteiger partial charge in [-0.25, -0.2) is 15.0 Å². The number of nitrogens with zero attached hydrogens (tertiary/aromatic N) is 7. The van der Waals surface area contributed by atoms with Crippen LogP contribution in [0.15, 0.2) is 12.4 Å². The Morgan fingerprint density at radius 2 is 1.85 bits per heavy atom. The molecule has 1 amide bonds. The first kappa shape index (κ1) is 21.8. The number of morpholine rings is 1. The van der Waals surface area contributed by atoms with Gasteiger partial charge >= 0.3 is 0 Å². The van der Waals surface area contributed by atoms with Gasteiger partial charge in [0.15, 0.2) is 0 Å². The summed E-state index contributed by atoms with van der Waals surface area (Å²) in [6.07, 6.45) is 5.22. The Morgan fingerprint density at radius 3 is 2.55 bits per heavy atom. The highest BCUT2D eigenvalue weighted by atomic mass is 16.5. The first-order valence-electron chi connectivity index (χ1n) is 11.7. The van der Waals surface area contributed by atoms with Gasteiger partial charge in [0.05, 0.1) is 24.4 Å². The summed E-state index contributed by atoms with van der Waals surface area (Å²) in [4.78, 5) is 37.7. The van der Waals surface area contributed by atoms with E-state index in [-0.39, 0.29) is 23.3 Å². The van der Waals surface area contributed by atoms with Gasteiger partial charge in [-0.05, 0) is 19.8 Å². The molecule has 10 nitrogen and oxygen atoms in total. The zero-order valence-electron chi connectivity index (χ0n) is 19.6. The highest BCUT2D eigenvalue weighted by Crippen LogP contribution is 2.41. The molecule has 3 aliphatic rings. The van der Waals surface area contributed by atoms with Crippen LogP contribution < -0.4 is 15.5 Å². The molecule has 2 aromatic heterocycles. The zero-order chi connectivity index (χ0) is 23.2. The van der Waals surface area contributed by atoms with Crippen molar-refractivity contribution < 1.29 is 9.53 Å². The standard InChI is InChI=1S/C23H32N8O2/c1-15(2)20(32)30-7-5-23(3,14-30)31-6-4-17-18(16-12-25-21(24)26-13-16)27-22(28-19(17)31)29-8-10-33-11-9-29/h12-13,15H,4-11,14H2,1-3H3,(H2,24,25,26)/t23-/m0/s1. The van der Waals surface area contributed by atoms with Crippen LogP contribution in [0.1, 0.15) is 32.8 Å². The number of hydrogen-bond donors (Lipinski definition) is 1. The van der Waals surface area contributed by atoms with E-state index in [1.54, 1.807) is 12.4 Å². The number of rotatable bonds is 4. The highest BCUT2D eigenvalue weighted by molar-refractivity contribution is 5.79. The number of aromatic nitrogens is 4. The van der Waals surface area contributed by atoms with Crippen LogP contribution in [0.4, 0.5) is 17.7 Å². The summed E-state index contributed by atoms with van der Waals surface area (Å²) in [6, 6.07) is 0. The SMILES string of the molecule is CC(C)C(=O)N1CC[C@](C)(N2CCc3c(-c4cnc(N)nc4)nc(N4CCOCC4)nc32)C1. The molecule has 3 aliphatic heterocycles. The highest BCUT2D eigenvalue weighted by Gasteiger charge is 2.45. The number of carbonyl (C=O) groups excluding carboxylic acids is 1. The van der Waals surface area contributed by atoms with E-state index in [1.807, 2.05) is 18.7 Å². The molecule has 176 valence electrons. The molecule has 5 rings (SSSR count). The van der Waals surface area contributed by atoms with E-state index in [0.29, 0.717) is 25.7 Å². The second-order valence-electron chi connectivity index (χ2n) is 9.67. The van der Waals surface area contributed by atoms with Crippen molar-refractivity contribution in [3.63, 3.8) is 0 Å². The van der Waals surface area contributed by atoms with Crippen LogP contribution in [0, 0.1) is 5.92 Å². The maximum atomic E-state index is 12.7. The molecule has 2 saturated heterocycles. The summed E-state index contributed by atoms with van der Waals surface area (Å²) in [5.41, 5.74) is 8.37. The molecular formula is C23H32N8O2. The van der Waals surface area contributed by atoms with Gasteiger partial charge in [0, 0.05) is 62.2 Å². The van der Waals surface area contributed by atoms with Crippen LogP contribution in [0.2, 0.25) is 0 Å². The first-order valence-corrected chi connectivity index (χ1v) is 11.7. The number of anilines is 3. The van der Waals surface area contributed by atoms with E-state index >= 15 is 0 Å². The summed E-state index contributed by atoms with van der Waals surface area (Å²) < 4.78 is 5.53. The van der Waals surface area contributed by atoms with E-state index < -0.39 is 0 Å². The summed E-state index contributed by atoms with van der Waals surface area (Å²) in [5, 5.41) is 0. The lowest BCUT2D eigenvalue weighted by Crippen LogP contribution is -2.49. The third kappa shape index (κ3) is 3.96. The average molecular weight is 453 g/mol. The zero-order valence-corrected chi connectivity index (χ0v) is 19.6. The Labute approximate surface area is 194 Å². The molecule has 2 N–H and O–H groups in total. The molecule has 5 heterocycles. The van der Waals surface area contributed by atoms with Gasteiger partial charge in [-0.1, -0.05) is 13.8 Å². The van der Waals surface area contributed by atoms with E-state index in [4.69, 9.17) is 20.4 Å². The van der Waals surface area contributed by atoms with Gasteiger partial charge in [0.2, 0.25) is 17.8 Å². The van der Waals surface area contributed by atoms with Crippen molar-refractivity contribution in [3.8, 4) is 11.3 Å². The normalized spacial score (nSPS) is 22.8. The topological polar surface area (TPSA) is 114 Å². The van der Waals surface area contributed by atoms with Crippen LogP contribution in [-0.2, 0) is 16.0 Å². The smallest absolute Gasteiger partial charge is 0.228 e. The quantitative estimate of drug-likeness (QED) is 0.734. The van der Waals surface area contributed by atoms with Gasteiger partial charge in [0.25, 0.3) is 0 Å². The van der Waals surface area contributed by atoms with E-state index in [1.165, 1.54) is 0 Å². The van der Waals surface area contributed by atoms with Gasteiger partial charge in [0.1, 0.15) is 5.82 Å². The van der Waals surface area contributed by atoms with Crippen LogP contribution in [-0.4, -0.2) is 82.2 Å². The molecule has 0 saturated carbocycles. The Kier molecular flexibility index (Phi) is 5.55. The van der Waals surface area contributed by atoms with Crippen molar-refractivity contribution >= 4 is 23.6 Å². The van der Waals surface area contributed by atoms with Crippen LogP contribution in [0.5, 0.6) is 0 Å². The van der Waals surface area contributed by atoms with E-state index in [9.17, 15) is 4.79 Å². The molecule has 0 aromatic carbocycles. The lowest BCUT2D eigenvalue weighted by atomic mass is 9.99. The monoisotopic (exact) mass is 452 g/mol. The maximum Gasteiger partial charge on any atom is 0.228 e. The Hall–Kier alpha value is -3.01. The predicted octanol–water partition coefficient (Wildman–Crippen LogP) is 1.36. The number of hydrogen-bond acceptors (Lipinski definition) is 9. The number of likely N-dealkylation sites (tertiary alicyclic amines) is 1. The van der Waals surface area contributed by atoms with Gasteiger partial charge < -0.3 is 25.2 Å². The van der Waals surface area contributed by atoms with Gasteiger partial charge in [-0.3, -0.25) is 4.79 Å². The van der Waals surface area contributed by atoms with Crippen LogP contribution >= 0.6 is 0 Å². The number of amides is 1. The van der Waals surface area contributed by atoms with E-state index in [2.05, 4.69) is 26.7 Å². The first-order chi connectivity index (χ1) is 15.9. The lowest BCUT2D eigenvalue weighted by molar-refractivity contribution is -0.133. The molecule has 2 fully saturated rings. The van der Waals surface area contributed by atoms with Crippen molar-refractivity contribution in [2.45, 2.75) is 39.2 Å². The van der Waals surface area contributed by atoms with Crippen molar-refractivity contribution in [1.82, 2.24) is 24.8 Å². The number of nitrogen functional groups attached to an aromatic ring is 1. The summed E-state index contributed by atoms with van der Waals surface area (Å²) in [6.45, 7) is 11.3. The van der Waals surface area contributed by atoms with Crippen LogP contribution in [0.3, 0.4) is 0 Å². The Balaban J connectivity index is 1.54. The molecular weight excluding hydrogens is 420 g/mol.